The van der Waals surface area contributed by atoms with Crippen molar-refractivity contribution in [2.75, 3.05) is 29.0 Å². The summed E-state index contributed by atoms with van der Waals surface area (Å²) in [5.74, 6) is 0.0579. The molecule has 4 rings (SSSR count). The number of amides is 1. The van der Waals surface area contributed by atoms with Crippen LogP contribution < -0.4 is 19.1 Å². The van der Waals surface area contributed by atoms with Gasteiger partial charge in [0.2, 0.25) is 5.91 Å². The van der Waals surface area contributed by atoms with Crippen molar-refractivity contribution >= 4 is 31.5 Å². The molecule has 2 aliphatic rings. The molecule has 2 aromatic rings. The van der Waals surface area contributed by atoms with Crippen LogP contribution in [-0.4, -0.2) is 59.5 Å². The summed E-state index contributed by atoms with van der Waals surface area (Å²) in [5.41, 5.74) is 1.25. The van der Waals surface area contributed by atoms with E-state index in [1.165, 1.54) is 25.1 Å². The van der Waals surface area contributed by atoms with Gasteiger partial charge in [0.15, 0.2) is 21.3 Å². The van der Waals surface area contributed by atoms with Gasteiger partial charge in [-0.3, -0.25) is 9.10 Å². The molecule has 0 bridgehead atoms. The maximum Gasteiger partial charge on any atom is 0.265 e. The van der Waals surface area contributed by atoms with Crippen LogP contribution in [0, 0.1) is 6.92 Å². The first-order valence-corrected chi connectivity index (χ1v) is 13.8. The molecule has 1 N–H and O–H groups in total. The van der Waals surface area contributed by atoms with Gasteiger partial charge in [-0.05, 0) is 44.5 Å². The molecule has 33 heavy (non-hydrogen) atoms. The Balaban J connectivity index is 1.68. The van der Waals surface area contributed by atoms with Gasteiger partial charge < -0.3 is 14.8 Å². The molecule has 0 unspecified atom stereocenters. The number of nitrogens with zero attached hydrogens (tertiary/aromatic N) is 1. The summed E-state index contributed by atoms with van der Waals surface area (Å²) in [6, 6.07) is 9.45. The maximum atomic E-state index is 13.7. The second-order valence-corrected chi connectivity index (χ2v) is 12.3. The lowest BCUT2D eigenvalue weighted by Crippen LogP contribution is -2.50. The fourth-order valence-corrected chi connectivity index (χ4v) is 7.20. The van der Waals surface area contributed by atoms with Gasteiger partial charge in [0, 0.05) is 12.1 Å². The zero-order valence-corrected chi connectivity index (χ0v) is 20.0. The molecule has 0 radical (unpaired) electrons. The lowest BCUT2D eigenvalue weighted by atomic mass is 10.2. The number of carbonyl (C=O) groups is 1. The summed E-state index contributed by atoms with van der Waals surface area (Å²) < 4.78 is 63.1. The third-order valence-corrected chi connectivity index (χ3v) is 9.33. The summed E-state index contributed by atoms with van der Waals surface area (Å²) in [7, 11) is -7.38. The zero-order chi connectivity index (χ0) is 23.8. The molecule has 1 saturated heterocycles. The third-order valence-electron chi connectivity index (χ3n) is 5.67. The molecule has 0 aliphatic carbocycles. The lowest BCUT2D eigenvalue weighted by Gasteiger charge is -2.31. The Kier molecular flexibility index (Phi) is 6.28. The fourth-order valence-electron chi connectivity index (χ4n) is 3.90. The Morgan fingerprint density at radius 1 is 1.09 bits per heavy atom. The summed E-state index contributed by atoms with van der Waals surface area (Å²) in [6.45, 7) is 4.04. The molecule has 11 heteroatoms. The van der Waals surface area contributed by atoms with Crippen molar-refractivity contribution in [1.82, 2.24) is 5.32 Å². The first-order chi connectivity index (χ1) is 15.6. The Labute approximate surface area is 193 Å². The Morgan fingerprint density at radius 3 is 2.39 bits per heavy atom. The number of carbonyl (C=O) groups excluding carboxylic acids is 1. The number of fused-ring (bicyclic) bond motifs is 1. The number of ether oxygens (including phenoxy) is 2. The van der Waals surface area contributed by atoms with Crippen LogP contribution in [-0.2, 0) is 24.7 Å². The highest BCUT2D eigenvalue weighted by Gasteiger charge is 2.36. The molecule has 178 valence electrons. The highest BCUT2D eigenvalue weighted by Crippen LogP contribution is 2.35. The van der Waals surface area contributed by atoms with Crippen molar-refractivity contribution in [2.24, 2.45) is 0 Å². The second-order valence-electron chi connectivity index (χ2n) is 8.23. The van der Waals surface area contributed by atoms with E-state index in [0.717, 1.165) is 9.87 Å². The van der Waals surface area contributed by atoms with E-state index in [0.29, 0.717) is 36.8 Å². The van der Waals surface area contributed by atoms with Gasteiger partial charge in [0.1, 0.15) is 19.3 Å². The Hall–Kier alpha value is -2.79. The van der Waals surface area contributed by atoms with Crippen LogP contribution in [0.15, 0.2) is 47.4 Å². The molecule has 0 saturated carbocycles. The van der Waals surface area contributed by atoms with Gasteiger partial charge in [-0.2, -0.15) is 0 Å². The smallest absolute Gasteiger partial charge is 0.265 e. The Bertz CT molecular complexity index is 1260. The SMILES string of the molecule is Cc1ccc(N([C@H](C)C(=O)N[C@H]2CCS(=O)(=O)C2)S(=O)(=O)c2ccc3c(c2)OCCO3)cc1. The molecule has 0 aromatic heterocycles. The normalized spacial score (nSPS) is 20.1. The summed E-state index contributed by atoms with van der Waals surface area (Å²) in [6.07, 6.45) is 0.306. The fraction of sp³-hybridized carbons (Fsp3) is 0.409. The van der Waals surface area contributed by atoms with Crippen molar-refractivity contribution in [3.63, 3.8) is 0 Å². The van der Waals surface area contributed by atoms with Gasteiger partial charge in [-0.25, -0.2) is 16.8 Å². The van der Waals surface area contributed by atoms with E-state index in [2.05, 4.69) is 5.32 Å². The molecule has 2 aliphatic heterocycles. The molecule has 2 atom stereocenters. The van der Waals surface area contributed by atoms with E-state index < -0.39 is 37.9 Å². The van der Waals surface area contributed by atoms with Gasteiger partial charge in [0.05, 0.1) is 22.1 Å². The van der Waals surface area contributed by atoms with Crippen molar-refractivity contribution in [2.45, 2.75) is 37.2 Å². The van der Waals surface area contributed by atoms with Gasteiger partial charge >= 0.3 is 0 Å². The number of benzene rings is 2. The number of nitrogens with one attached hydrogen (secondary N) is 1. The van der Waals surface area contributed by atoms with Gasteiger partial charge in [-0.15, -0.1) is 0 Å². The molecular formula is C22H26N2O7S2. The maximum absolute atomic E-state index is 13.7. The van der Waals surface area contributed by atoms with E-state index in [1.54, 1.807) is 24.3 Å². The molecule has 0 spiro atoms. The van der Waals surface area contributed by atoms with Gasteiger partial charge in [-0.1, -0.05) is 17.7 Å². The van der Waals surface area contributed by atoms with Crippen LogP contribution >= 0.6 is 0 Å². The average Bonchev–Trinajstić information content (AvgIpc) is 3.12. The van der Waals surface area contributed by atoms with E-state index in [1.807, 2.05) is 6.92 Å². The van der Waals surface area contributed by atoms with Crippen molar-refractivity contribution < 1.29 is 31.1 Å². The van der Waals surface area contributed by atoms with E-state index in [9.17, 15) is 21.6 Å². The van der Waals surface area contributed by atoms with Crippen molar-refractivity contribution in [1.29, 1.82) is 0 Å². The number of hydrogen-bond acceptors (Lipinski definition) is 7. The van der Waals surface area contributed by atoms with E-state index in [4.69, 9.17) is 9.47 Å². The predicted molar refractivity (Wildman–Crippen MR) is 123 cm³/mol. The molecule has 2 aromatic carbocycles. The van der Waals surface area contributed by atoms with Crippen LogP contribution in [0.25, 0.3) is 0 Å². The number of rotatable bonds is 6. The van der Waals surface area contributed by atoms with Crippen LogP contribution in [0.5, 0.6) is 11.5 Å². The minimum Gasteiger partial charge on any atom is -0.486 e. The minimum atomic E-state index is -4.18. The first-order valence-electron chi connectivity index (χ1n) is 10.6. The number of sulfonamides is 1. The lowest BCUT2D eigenvalue weighted by molar-refractivity contribution is -0.122. The van der Waals surface area contributed by atoms with Crippen LogP contribution in [0.3, 0.4) is 0 Å². The van der Waals surface area contributed by atoms with E-state index >= 15 is 0 Å². The summed E-state index contributed by atoms with van der Waals surface area (Å²) in [5, 5.41) is 2.70. The first kappa shape index (κ1) is 23.4. The van der Waals surface area contributed by atoms with Crippen LogP contribution in [0.1, 0.15) is 18.9 Å². The number of anilines is 1. The topological polar surface area (TPSA) is 119 Å². The second kappa shape index (κ2) is 8.86. The number of sulfone groups is 1. The Morgan fingerprint density at radius 2 is 1.76 bits per heavy atom. The van der Waals surface area contributed by atoms with Crippen LogP contribution in [0.2, 0.25) is 0 Å². The molecule has 1 fully saturated rings. The van der Waals surface area contributed by atoms with Crippen molar-refractivity contribution in [3.8, 4) is 11.5 Å². The number of aryl methyl sites for hydroxylation is 1. The summed E-state index contributed by atoms with van der Waals surface area (Å²) in [4.78, 5) is 13.0. The molecular weight excluding hydrogens is 468 g/mol. The molecule has 1 amide bonds. The highest BCUT2D eigenvalue weighted by atomic mass is 32.2. The standard InChI is InChI=1S/C22H26N2O7S2/c1-15-3-5-18(6-4-15)24(16(2)22(25)23-17-9-12-32(26,27)14-17)33(28,29)19-7-8-20-21(13-19)31-11-10-30-20/h3-8,13,16-17H,9-12,14H2,1-2H3,(H,23,25)/t16-,17+/m1/s1. The predicted octanol–water partition coefficient (Wildman–Crippen LogP) is 1.65. The van der Waals surface area contributed by atoms with E-state index in [-0.39, 0.29) is 16.4 Å². The quantitative estimate of drug-likeness (QED) is 0.649. The molecule has 2 heterocycles. The zero-order valence-electron chi connectivity index (χ0n) is 18.4. The largest absolute Gasteiger partial charge is 0.486 e. The summed E-state index contributed by atoms with van der Waals surface area (Å²) >= 11 is 0. The van der Waals surface area contributed by atoms with Gasteiger partial charge in [0.25, 0.3) is 10.0 Å². The number of hydrogen-bond donors (Lipinski definition) is 1. The third kappa shape index (κ3) is 4.93. The minimum absolute atomic E-state index is 0.00347. The highest BCUT2D eigenvalue weighted by molar-refractivity contribution is 7.93. The van der Waals surface area contributed by atoms with Crippen LogP contribution in [0.4, 0.5) is 5.69 Å². The molecule has 9 nitrogen and oxygen atoms in total. The van der Waals surface area contributed by atoms with Crippen molar-refractivity contribution in [3.05, 3.63) is 48.0 Å². The monoisotopic (exact) mass is 494 g/mol. The average molecular weight is 495 g/mol.